The fraction of sp³-hybridized carbons (Fsp3) is 0.150. The van der Waals surface area contributed by atoms with E-state index in [1.54, 1.807) is 32.2 Å². The van der Waals surface area contributed by atoms with Crippen LogP contribution in [0.3, 0.4) is 0 Å². The van der Waals surface area contributed by atoms with Crippen molar-refractivity contribution in [1.82, 2.24) is 39.9 Å². The van der Waals surface area contributed by atoms with Crippen LogP contribution in [0.4, 0.5) is 4.39 Å². The molecule has 4 rings (SSSR count). The van der Waals surface area contributed by atoms with E-state index in [4.69, 9.17) is 46.2 Å². The maximum absolute atomic E-state index is 10.6. The van der Waals surface area contributed by atoms with E-state index >= 15 is 0 Å². The minimum Gasteiger partial charge on any atom is -1.00 e. The Kier molecular flexibility index (Phi) is 27.4. The number of carbonyl (C=O) groups is 3. The van der Waals surface area contributed by atoms with Gasteiger partial charge in [-0.15, -0.1) is 0 Å². The maximum atomic E-state index is 10.6. The molecule has 0 bridgehead atoms. The first-order valence-electron chi connectivity index (χ1n) is 10.0. The summed E-state index contributed by atoms with van der Waals surface area (Å²) < 4.78 is 17.0. The Labute approximate surface area is 325 Å². The summed E-state index contributed by atoms with van der Waals surface area (Å²) in [4.78, 5) is 46.8. The summed E-state index contributed by atoms with van der Waals surface area (Å²) in [5.41, 5.74) is 2.63. The van der Waals surface area contributed by atoms with E-state index in [9.17, 15) is 14.0 Å². The van der Waals surface area contributed by atoms with Crippen molar-refractivity contribution in [1.29, 1.82) is 0 Å². The monoisotopic (exact) mass is 655 g/mol. The number of nitrogens with zero attached hydrogens (tertiary/aromatic N) is 7. The molecule has 19 heteroatoms. The van der Waals surface area contributed by atoms with Gasteiger partial charge in [0.25, 0.3) is 6.47 Å². The third kappa shape index (κ3) is 18.5. The third-order valence-corrected chi connectivity index (χ3v) is 4.11. The molecule has 13 nitrogen and oxygen atoms in total. The molecule has 0 atom stereocenters. The van der Waals surface area contributed by atoms with Gasteiger partial charge >= 0.3 is 103 Å². The summed E-state index contributed by atoms with van der Waals surface area (Å²) in [6, 6.07) is 3.22. The van der Waals surface area contributed by atoms with Gasteiger partial charge in [-0.2, -0.15) is 15.2 Å². The van der Waals surface area contributed by atoms with Gasteiger partial charge in [0.15, 0.2) is 18.4 Å². The van der Waals surface area contributed by atoms with Gasteiger partial charge in [-0.05, 0) is 43.1 Å². The third-order valence-electron chi connectivity index (χ3n) is 3.54. The average Bonchev–Trinajstić information content (AvgIpc) is 3.49. The molecule has 0 amide bonds. The molecular formula is C20H20Cl3FK2N8O5. The number of aromatic amines is 1. The van der Waals surface area contributed by atoms with Crippen molar-refractivity contribution < 1.29 is 134 Å². The number of hydrogen-bond acceptors (Lipinski definition) is 11. The molecule has 0 aliphatic carbocycles. The standard InChI is InChI=1S/C9H7ClN4O.C5H6N2O.C4H2Cl2N2.CH3F.CH2O3.2K.H/c1-6-7(5-15)4-14(13-6)8-2-3-11-9(10)12-8;1-4-5(3-8)2-6-7-4;5-3-1-2-7-4(6)8-3;1-2;2-1-4-3;;;/h2-5H,1H3;2-3H,1H3,(H,6,7);1-2H;1H3;1,3H;;;/q;;;;;2*+1;-1/p-1/i;;;1D;;;;. The second kappa shape index (κ2) is 26.3. The van der Waals surface area contributed by atoms with Gasteiger partial charge in [-0.1, -0.05) is 11.6 Å². The Balaban J connectivity index is -0.000000228. The van der Waals surface area contributed by atoms with Crippen LogP contribution in [0.1, 0.15) is 34.9 Å². The van der Waals surface area contributed by atoms with Crippen molar-refractivity contribution in [3.63, 3.8) is 0 Å². The molecule has 0 aliphatic rings. The quantitative estimate of drug-likeness (QED) is 0.0587. The smallest absolute Gasteiger partial charge is 1.00 e. The van der Waals surface area contributed by atoms with Crippen molar-refractivity contribution in [3.8, 4) is 5.82 Å². The zero-order chi connectivity index (χ0) is 28.9. The number of H-pyrrole nitrogens is 1. The Hall–Kier alpha value is -0.577. The zero-order valence-corrected chi connectivity index (χ0v) is 29.6. The van der Waals surface area contributed by atoms with Gasteiger partial charge in [0.05, 0.1) is 31.5 Å². The summed E-state index contributed by atoms with van der Waals surface area (Å²) in [7, 11) is -1.00. The molecular weight excluding hydrogens is 636 g/mol. The Morgan fingerprint density at radius 2 is 1.59 bits per heavy atom. The summed E-state index contributed by atoms with van der Waals surface area (Å²) >= 11 is 16.4. The van der Waals surface area contributed by atoms with Gasteiger partial charge in [0.2, 0.25) is 10.6 Å². The van der Waals surface area contributed by atoms with E-state index in [-0.39, 0.29) is 121 Å². The van der Waals surface area contributed by atoms with Crippen molar-refractivity contribution in [2.45, 2.75) is 13.8 Å². The molecule has 200 valence electrons. The fourth-order valence-corrected chi connectivity index (χ4v) is 2.42. The summed E-state index contributed by atoms with van der Waals surface area (Å²) in [6.45, 7) is 3.37. The van der Waals surface area contributed by atoms with E-state index < -0.39 is 7.15 Å². The van der Waals surface area contributed by atoms with Crippen molar-refractivity contribution >= 4 is 53.8 Å². The maximum Gasteiger partial charge on any atom is 1.00 e. The molecule has 4 aromatic heterocycles. The summed E-state index contributed by atoms with van der Waals surface area (Å²) in [5, 5.41) is 19.5. The molecule has 0 unspecified atom stereocenters. The average molecular weight is 657 g/mol. The van der Waals surface area contributed by atoms with Gasteiger partial charge < -0.3 is 11.6 Å². The normalized spacial score (nSPS) is 8.74. The molecule has 0 saturated heterocycles. The second-order valence-corrected chi connectivity index (χ2v) is 6.89. The number of halogens is 4. The molecule has 1 N–H and O–H groups in total. The number of aryl methyl sites for hydroxylation is 2. The van der Waals surface area contributed by atoms with Crippen LogP contribution in [0.15, 0.2) is 36.9 Å². The molecule has 0 saturated carbocycles. The second-order valence-electron chi connectivity index (χ2n) is 5.83. The molecule has 4 heterocycles. The topological polar surface area (TPSA) is 182 Å². The molecule has 39 heavy (non-hydrogen) atoms. The van der Waals surface area contributed by atoms with Gasteiger partial charge in [0, 0.05) is 30.4 Å². The number of rotatable bonds is 4. The largest absolute Gasteiger partial charge is 1.00 e. The Morgan fingerprint density at radius 1 is 1.05 bits per heavy atom. The van der Waals surface area contributed by atoms with E-state index in [2.05, 4.69) is 40.1 Å². The SMILES string of the molecule is Cc1[nH]ncc1C=O.Cc1nn(-c2ccnc(Cl)n2)cc1C=O.Clc1ccnc(Cl)n1.O=CO[O-].[2H]CF.[H-].[K+].[K+]. The van der Waals surface area contributed by atoms with Gasteiger partial charge in [0.1, 0.15) is 5.15 Å². The van der Waals surface area contributed by atoms with Crippen molar-refractivity contribution in [3.05, 3.63) is 75.2 Å². The van der Waals surface area contributed by atoms with Crippen LogP contribution in [-0.2, 0) is 9.68 Å². The van der Waals surface area contributed by atoms with E-state index in [1.165, 1.54) is 23.3 Å². The fourth-order valence-electron chi connectivity index (χ4n) is 1.95. The minimum absolute atomic E-state index is 0. The van der Waals surface area contributed by atoms with Crippen molar-refractivity contribution in [2.75, 3.05) is 7.15 Å². The number of nitrogens with one attached hydrogen (secondary N) is 1. The van der Waals surface area contributed by atoms with Gasteiger partial charge in [-0.25, -0.2) is 19.6 Å². The van der Waals surface area contributed by atoms with Crippen LogP contribution in [-0.4, -0.2) is 66.1 Å². The molecule has 0 fully saturated rings. The number of carbonyl (C=O) groups excluding carboxylic acids is 3. The van der Waals surface area contributed by atoms with Crippen LogP contribution in [0.25, 0.3) is 5.82 Å². The Morgan fingerprint density at radius 3 is 1.92 bits per heavy atom. The Bertz CT molecular complexity index is 1260. The molecule has 0 aromatic carbocycles. The first-order valence-corrected chi connectivity index (χ1v) is 10.5. The van der Waals surface area contributed by atoms with E-state index in [1.807, 2.05) is 0 Å². The number of alkyl halides is 1. The molecule has 4 aromatic rings. The van der Waals surface area contributed by atoms with Crippen LogP contribution >= 0.6 is 34.8 Å². The summed E-state index contributed by atoms with van der Waals surface area (Å²) in [6.07, 6.45) is 7.66. The zero-order valence-electron chi connectivity index (χ0n) is 23.1. The number of aldehydes is 2. The van der Waals surface area contributed by atoms with Crippen LogP contribution < -0.4 is 108 Å². The predicted molar refractivity (Wildman–Crippen MR) is 130 cm³/mol. The first kappa shape index (κ1) is 40.6. The molecule has 0 spiro atoms. The predicted octanol–water partition coefficient (Wildman–Crippen LogP) is -3.11. The minimum atomic E-state index is -1.00. The number of hydrogen-bond donors (Lipinski definition) is 1. The molecule has 0 aliphatic heterocycles. The van der Waals surface area contributed by atoms with Gasteiger partial charge in [-0.3, -0.25) is 23.9 Å². The number of aromatic nitrogens is 8. The van der Waals surface area contributed by atoms with Crippen LogP contribution in [0, 0.1) is 13.8 Å². The van der Waals surface area contributed by atoms with Crippen molar-refractivity contribution in [2.24, 2.45) is 0 Å². The first-order chi connectivity index (χ1) is 18.2. The van der Waals surface area contributed by atoms with E-state index in [0.717, 1.165) is 18.3 Å². The van der Waals surface area contributed by atoms with Crippen LogP contribution in [0.5, 0.6) is 0 Å². The summed E-state index contributed by atoms with van der Waals surface area (Å²) in [5.74, 6) is 0.534. The molecule has 0 radical (unpaired) electrons. The van der Waals surface area contributed by atoms with Crippen LogP contribution in [0.2, 0.25) is 15.7 Å². The van der Waals surface area contributed by atoms with E-state index in [0.29, 0.717) is 27.8 Å².